The fourth-order valence-corrected chi connectivity index (χ4v) is 5.57. The first-order valence-corrected chi connectivity index (χ1v) is 9.87. The monoisotopic (exact) mass is 344 g/mol. The highest BCUT2D eigenvalue weighted by atomic mass is 32.2. The number of thiophene rings is 1. The van der Waals surface area contributed by atoms with Gasteiger partial charge in [0, 0.05) is 31.6 Å². The van der Waals surface area contributed by atoms with Gasteiger partial charge in [-0.1, -0.05) is 6.42 Å². The van der Waals surface area contributed by atoms with Gasteiger partial charge in [0.15, 0.2) is 0 Å². The summed E-state index contributed by atoms with van der Waals surface area (Å²) in [5.74, 6) is -0.111. The van der Waals surface area contributed by atoms with Crippen LogP contribution in [0.25, 0.3) is 0 Å². The first-order chi connectivity index (χ1) is 10.6. The third-order valence-corrected chi connectivity index (χ3v) is 7.34. The van der Waals surface area contributed by atoms with Crippen molar-refractivity contribution in [1.82, 2.24) is 9.21 Å². The van der Waals surface area contributed by atoms with Crippen molar-refractivity contribution in [3.05, 3.63) is 17.0 Å². The molecule has 1 aromatic rings. The first-order valence-electron chi connectivity index (χ1n) is 7.55. The van der Waals surface area contributed by atoms with E-state index in [1.807, 2.05) is 0 Å². The number of rotatable bonds is 3. The van der Waals surface area contributed by atoms with Gasteiger partial charge < -0.3 is 9.64 Å². The van der Waals surface area contributed by atoms with E-state index in [0.717, 1.165) is 30.6 Å². The Bertz CT molecular complexity index is 629. The maximum Gasteiger partial charge on any atom is 0.254 e. The summed E-state index contributed by atoms with van der Waals surface area (Å²) in [4.78, 5) is 14.1. The molecule has 0 N–H and O–H groups in total. The van der Waals surface area contributed by atoms with E-state index < -0.39 is 10.0 Å². The molecule has 3 heterocycles. The van der Waals surface area contributed by atoms with Gasteiger partial charge in [-0.2, -0.15) is 4.31 Å². The van der Waals surface area contributed by atoms with Crippen LogP contribution < -0.4 is 0 Å². The molecule has 0 radical (unpaired) electrons. The van der Waals surface area contributed by atoms with Crippen LogP contribution in [0.3, 0.4) is 0 Å². The summed E-state index contributed by atoms with van der Waals surface area (Å²) in [5.41, 5.74) is 0.461. The van der Waals surface area contributed by atoms with Crippen LogP contribution in [0.5, 0.6) is 0 Å². The molecule has 0 atom stereocenters. The highest BCUT2D eigenvalue weighted by Gasteiger charge is 2.29. The number of morpholine rings is 1. The Balaban J connectivity index is 1.76. The molecule has 2 saturated heterocycles. The van der Waals surface area contributed by atoms with E-state index in [2.05, 4.69) is 0 Å². The van der Waals surface area contributed by atoms with Gasteiger partial charge in [-0.3, -0.25) is 4.79 Å². The lowest BCUT2D eigenvalue weighted by Crippen LogP contribution is -2.40. The summed E-state index contributed by atoms with van der Waals surface area (Å²) in [6.07, 6.45) is 2.89. The van der Waals surface area contributed by atoms with Crippen LogP contribution in [-0.4, -0.2) is 62.9 Å². The number of ether oxygens (including phenoxy) is 1. The molecule has 0 aromatic carbocycles. The summed E-state index contributed by atoms with van der Waals surface area (Å²) < 4.78 is 32.2. The minimum Gasteiger partial charge on any atom is -0.378 e. The van der Waals surface area contributed by atoms with Gasteiger partial charge in [-0.15, -0.1) is 11.3 Å². The van der Waals surface area contributed by atoms with Gasteiger partial charge in [0.2, 0.25) is 0 Å². The molecule has 22 heavy (non-hydrogen) atoms. The summed E-state index contributed by atoms with van der Waals surface area (Å²) in [7, 11) is -3.45. The largest absolute Gasteiger partial charge is 0.378 e. The summed E-state index contributed by atoms with van der Waals surface area (Å²) >= 11 is 1.13. The Morgan fingerprint density at radius 1 is 1.09 bits per heavy atom. The van der Waals surface area contributed by atoms with Crippen LogP contribution in [-0.2, 0) is 14.8 Å². The van der Waals surface area contributed by atoms with E-state index in [9.17, 15) is 13.2 Å². The Labute approximate surface area is 134 Å². The van der Waals surface area contributed by atoms with Gasteiger partial charge >= 0.3 is 0 Å². The zero-order chi connectivity index (χ0) is 15.6. The zero-order valence-electron chi connectivity index (χ0n) is 12.4. The number of hydrogen-bond acceptors (Lipinski definition) is 5. The molecule has 2 aliphatic rings. The minimum atomic E-state index is -3.45. The van der Waals surface area contributed by atoms with Crippen LogP contribution in [0.2, 0.25) is 0 Å². The van der Waals surface area contributed by atoms with Crippen LogP contribution in [0.4, 0.5) is 0 Å². The Morgan fingerprint density at radius 3 is 2.45 bits per heavy atom. The number of carbonyl (C=O) groups excluding carboxylic acids is 1. The van der Waals surface area contributed by atoms with Crippen molar-refractivity contribution >= 4 is 27.3 Å². The number of nitrogens with zero attached hydrogens (tertiary/aromatic N) is 2. The zero-order valence-corrected chi connectivity index (χ0v) is 14.0. The molecule has 0 bridgehead atoms. The van der Waals surface area contributed by atoms with E-state index in [4.69, 9.17) is 4.74 Å². The summed E-state index contributed by atoms with van der Waals surface area (Å²) in [5, 5.41) is 1.65. The van der Waals surface area contributed by atoms with E-state index >= 15 is 0 Å². The predicted octanol–water partition coefficient (Wildman–Crippen LogP) is 1.40. The lowest BCUT2D eigenvalue weighted by atomic mass is 10.2. The summed E-state index contributed by atoms with van der Waals surface area (Å²) in [6, 6.07) is 1.52. The average molecular weight is 344 g/mol. The molecule has 6 nitrogen and oxygen atoms in total. The smallest absolute Gasteiger partial charge is 0.254 e. The van der Waals surface area contributed by atoms with Crippen molar-refractivity contribution in [2.75, 3.05) is 39.4 Å². The van der Waals surface area contributed by atoms with Gasteiger partial charge in [0.1, 0.15) is 4.21 Å². The third kappa shape index (κ3) is 3.19. The molecule has 0 aliphatic carbocycles. The average Bonchev–Trinajstić information content (AvgIpc) is 3.06. The molecule has 0 unspecified atom stereocenters. The topological polar surface area (TPSA) is 66.9 Å². The fraction of sp³-hybridized carbons (Fsp3) is 0.643. The standard InChI is InChI=1S/C14H20N2O4S2/c17-14(15-6-8-20-9-7-15)12-10-13(21-11-12)22(18,19)16-4-2-1-3-5-16/h10-11H,1-9H2. The van der Waals surface area contributed by atoms with E-state index in [0.29, 0.717) is 45.0 Å². The molecule has 0 spiro atoms. The van der Waals surface area contributed by atoms with Gasteiger partial charge in [-0.25, -0.2) is 8.42 Å². The molecule has 0 saturated carbocycles. The molecule has 2 fully saturated rings. The maximum atomic E-state index is 12.6. The van der Waals surface area contributed by atoms with Gasteiger partial charge in [-0.05, 0) is 18.9 Å². The van der Waals surface area contributed by atoms with Crippen LogP contribution >= 0.6 is 11.3 Å². The van der Waals surface area contributed by atoms with Crippen molar-refractivity contribution in [3.8, 4) is 0 Å². The lowest BCUT2D eigenvalue weighted by Gasteiger charge is -2.26. The minimum absolute atomic E-state index is 0.111. The van der Waals surface area contributed by atoms with E-state index in [-0.39, 0.29) is 10.1 Å². The number of sulfonamides is 1. The second-order valence-corrected chi connectivity index (χ2v) is 8.60. The summed E-state index contributed by atoms with van der Waals surface area (Å²) in [6.45, 7) is 3.34. The highest BCUT2D eigenvalue weighted by Crippen LogP contribution is 2.27. The Hall–Kier alpha value is -0.960. The van der Waals surface area contributed by atoms with E-state index in [1.54, 1.807) is 10.3 Å². The molecule has 122 valence electrons. The Morgan fingerprint density at radius 2 is 1.77 bits per heavy atom. The van der Waals surface area contributed by atoms with Crippen LogP contribution in [0.1, 0.15) is 29.6 Å². The predicted molar refractivity (Wildman–Crippen MR) is 83.7 cm³/mol. The number of hydrogen-bond donors (Lipinski definition) is 0. The number of carbonyl (C=O) groups is 1. The van der Waals surface area contributed by atoms with Crippen molar-refractivity contribution < 1.29 is 17.9 Å². The van der Waals surface area contributed by atoms with Crippen LogP contribution in [0, 0.1) is 0 Å². The SMILES string of the molecule is O=C(c1csc(S(=O)(=O)N2CCCCC2)c1)N1CCOCC1. The first kappa shape index (κ1) is 15.9. The van der Waals surface area contributed by atoms with Crippen molar-refractivity contribution in [2.24, 2.45) is 0 Å². The van der Waals surface area contributed by atoms with Crippen molar-refractivity contribution in [1.29, 1.82) is 0 Å². The number of amides is 1. The van der Waals surface area contributed by atoms with E-state index in [1.165, 1.54) is 10.4 Å². The normalized spacial score (nSPS) is 21.0. The van der Waals surface area contributed by atoms with Crippen molar-refractivity contribution in [2.45, 2.75) is 23.5 Å². The quantitative estimate of drug-likeness (QED) is 0.831. The van der Waals surface area contributed by atoms with Crippen LogP contribution in [0.15, 0.2) is 15.7 Å². The molecule has 2 aliphatic heterocycles. The molecule has 1 aromatic heterocycles. The molecule has 8 heteroatoms. The van der Waals surface area contributed by atoms with Crippen molar-refractivity contribution in [3.63, 3.8) is 0 Å². The third-order valence-electron chi connectivity index (χ3n) is 4.03. The fourth-order valence-electron chi connectivity index (χ4n) is 2.75. The van der Waals surface area contributed by atoms with Gasteiger partial charge in [0.05, 0.1) is 18.8 Å². The highest BCUT2D eigenvalue weighted by molar-refractivity contribution is 7.91. The molecule has 1 amide bonds. The maximum absolute atomic E-state index is 12.6. The second kappa shape index (κ2) is 6.66. The molecular formula is C14H20N2O4S2. The molecule has 3 rings (SSSR count). The lowest BCUT2D eigenvalue weighted by molar-refractivity contribution is 0.0303. The Kier molecular flexibility index (Phi) is 4.82. The number of piperidine rings is 1. The van der Waals surface area contributed by atoms with Gasteiger partial charge in [0.25, 0.3) is 15.9 Å². The molecular weight excluding hydrogens is 324 g/mol. The second-order valence-electron chi connectivity index (χ2n) is 5.52.